The molecular formula is C20H21ClN2O8. The van der Waals surface area contributed by atoms with Crippen molar-refractivity contribution in [1.29, 1.82) is 0 Å². The number of nitro groups is 1. The summed E-state index contributed by atoms with van der Waals surface area (Å²) >= 11 is 5.81. The van der Waals surface area contributed by atoms with Crippen molar-refractivity contribution in [2.75, 3.05) is 33.3 Å². The molecule has 0 unspecified atom stereocenters. The van der Waals surface area contributed by atoms with Gasteiger partial charge in [0.1, 0.15) is 5.69 Å². The molecule has 0 spiro atoms. The summed E-state index contributed by atoms with van der Waals surface area (Å²) in [4.78, 5) is 34.4. The summed E-state index contributed by atoms with van der Waals surface area (Å²) in [5, 5.41) is 13.6. The average molecular weight is 453 g/mol. The Morgan fingerprint density at radius 1 is 1.06 bits per heavy atom. The van der Waals surface area contributed by atoms with Crippen LogP contribution in [0.25, 0.3) is 0 Å². The molecule has 0 aliphatic heterocycles. The van der Waals surface area contributed by atoms with Gasteiger partial charge in [-0.05, 0) is 36.2 Å². The highest BCUT2D eigenvalue weighted by molar-refractivity contribution is 6.31. The smallest absolute Gasteiger partial charge is 0.306 e. The van der Waals surface area contributed by atoms with E-state index in [9.17, 15) is 19.7 Å². The second kappa shape index (κ2) is 11.0. The second-order valence-electron chi connectivity index (χ2n) is 6.16. The summed E-state index contributed by atoms with van der Waals surface area (Å²) in [7, 11) is 4.46. The van der Waals surface area contributed by atoms with Gasteiger partial charge in [-0.2, -0.15) is 0 Å². The number of methoxy groups -OCH3 is 3. The number of hydrogen-bond donors (Lipinski definition) is 1. The molecule has 1 N–H and O–H groups in total. The lowest BCUT2D eigenvalue weighted by molar-refractivity contribution is -0.383. The first-order chi connectivity index (χ1) is 14.8. The molecule has 0 saturated heterocycles. The molecule has 0 saturated carbocycles. The van der Waals surface area contributed by atoms with E-state index in [2.05, 4.69) is 5.32 Å². The number of esters is 1. The summed E-state index contributed by atoms with van der Waals surface area (Å²) in [5.74, 6) is -0.0143. The lowest BCUT2D eigenvalue weighted by atomic mass is 10.1. The lowest BCUT2D eigenvalue weighted by Gasteiger charge is -2.14. The Hall–Kier alpha value is -3.53. The van der Waals surface area contributed by atoms with E-state index in [4.69, 9.17) is 30.5 Å². The van der Waals surface area contributed by atoms with Crippen molar-refractivity contribution in [2.45, 2.75) is 12.8 Å². The highest BCUT2D eigenvalue weighted by Gasteiger charge is 2.18. The Bertz CT molecular complexity index is 955. The number of nitrogens with zero attached hydrogens (tertiary/aromatic N) is 1. The van der Waals surface area contributed by atoms with Gasteiger partial charge in [-0.25, -0.2) is 0 Å². The number of halogens is 1. The van der Waals surface area contributed by atoms with E-state index in [-0.39, 0.29) is 22.8 Å². The van der Waals surface area contributed by atoms with Gasteiger partial charge in [0.2, 0.25) is 5.75 Å². The maximum Gasteiger partial charge on any atom is 0.306 e. The van der Waals surface area contributed by atoms with E-state index in [1.54, 1.807) is 12.1 Å². The Kier molecular flexibility index (Phi) is 8.44. The fourth-order valence-corrected chi connectivity index (χ4v) is 2.87. The average Bonchev–Trinajstić information content (AvgIpc) is 2.75. The molecule has 2 rings (SSSR count). The summed E-state index contributed by atoms with van der Waals surface area (Å²) < 4.78 is 20.7. The number of carbonyl (C=O) groups excluding carboxylic acids is 2. The monoisotopic (exact) mass is 452 g/mol. The Morgan fingerprint density at radius 3 is 2.26 bits per heavy atom. The summed E-state index contributed by atoms with van der Waals surface area (Å²) in [5.41, 5.74) is 0.327. The van der Waals surface area contributed by atoms with Crippen LogP contribution in [-0.4, -0.2) is 44.7 Å². The van der Waals surface area contributed by atoms with Gasteiger partial charge in [-0.1, -0.05) is 11.6 Å². The molecule has 2 aromatic rings. The van der Waals surface area contributed by atoms with E-state index < -0.39 is 23.4 Å². The second-order valence-corrected chi connectivity index (χ2v) is 6.60. The van der Waals surface area contributed by atoms with Crippen molar-refractivity contribution in [1.82, 2.24) is 0 Å². The van der Waals surface area contributed by atoms with Gasteiger partial charge in [-0.3, -0.25) is 19.7 Å². The van der Waals surface area contributed by atoms with E-state index in [0.29, 0.717) is 23.7 Å². The number of nitrogens with one attached hydrogen (secondary N) is 1. The van der Waals surface area contributed by atoms with Crippen LogP contribution in [0.15, 0.2) is 30.3 Å². The van der Waals surface area contributed by atoms with Crippen LogP contribution in [0.1, 0.15) is 12.0 Å². The predicted molar refractivity (Wildman–Crippen MR) is 112 cm³/mol. The van der Waals surface area contributed by atoms with E-state index >= 15 is 0 Å². The van der Waals surface area contributed by atoms with Crippen LogP contribution in [0, 0.1) is 10.1 Å². The van der Waals surface area contributed by atoms with Crippen LogP contribution < -0.4 is 19.5 Å². The zero-order valence-electron chi connectivity index (χ0n) is 17.1. The van der Waals surface area contributed by atoms with E-state index in [0.717, 1.165) is 5.56 Å². The summed E-state index contributed by atoms with van der Waals surface area (Å²) in [6.07, 6.45) is 0.292. The number of benzene rings is 2. The van der Waals surface area contributed by atoms with Crippen LogP contribution in [0.2, 0.25) is 5.02 Å². The van der Waals surface area contributed by atoms with Crippen molar-refractivity contribution >= 4 is 34.9 Å². The minimum atomic E-state index is -0.730. The largest absolute Gasteiger partial charge is 0.493 e. The third-order valence-corrected chi connectivity index (χ3v) is 4.37. The predicted octanol–water partition coefficient (Wildman–Crippen LogP) is 3.39. The molecule has 11 heteroatoms. The normalized spacial score (nSPS) is 10.2. The number of anilines is 1. The topological polar surface area (TPSA) is 126 Å². The minimum Gasteiger partial charge on any atom is -0.493 e. The van der Waals surface area contributed by atoms with E-state index in [1.165, 1.54) is 39.5 Å². The van der Waals surface area contributed by atoms with E-state index in [1.807, 2.05) is 0 Å². The maximum atomic E-state index is 12.0. The zero-order valence-corrected chi connectivity index (χ0v) is 17.9. The fourth-order valence-electron chi connectivity index (χ4n) is 2.70. The highest BCUT2D eigenvalue weighted by atomic mass is 35.5. The molecule has 0 bridgehead atoms. The molecule has 0 atom stereocenters. The van der Waals surface area contributed by atoms with Crippen LogP contribution in [0.4, 0.5) is 11.4 Å². The number of hydrogen-bond acceptors (Lipinski definition) is 8. The quantitative estimate of drug-likeness (QED) is 0.330. The molecule has 166 valence electrons. The van der Waals surface area contributed by atoms with Gasteiger partial charge in [0, 0.05) is 17.5 Å². The number of ether oxygens (including phenoxy) is 4. The molecular weight excluding hydrogens is 432 g/mol. The Balaban J connectivity index is 1.92. The van der Waals surface area contributed by atoms with Crippen LogP contribution in [-0.2, 0) is 20.7 Å². The summed E-state index contributed by atoms with van der Waals surface area (Å²) in [6.45, 7) is -0.599. The molecule has 10 nitrogen and oxygen atoms in total. The first-order valence-electron chi connectivity index (χ1n) is 8.97. The summed E-state index contributed by atoms with van der Waals surface area (Å²) in [6, 6.07) is 7.16. The fraction of sp³-hybridized carbons (Fsp3) is 0.300. The van der Waals surface area contributed by atoms with Crippen molar-refractivity contribution in [3.05, 3.63) is 51.0 Å². The third kappa shape index (κ3) is 6.48. The van der Waals surface area contributed by atoms with Gasteiger partial charge in [0.15, 0.2) is 18.1 Å². The van der Waals surface area contributed by atoms with Crippen LogP contribution in [0.5, 0.6) is 17.2 Å². The molecule has 0 aliphatic carbocycles. The molecule has 0 aliphatic rings. The van der Waals surface area contributed by atoms with Crippen LogP contribution >= 0.6 is 11.6 Å². The number of rotatable bonds is 10. The first kappa shape index (κ1) is 23.7. The van der Waals surface area contributed by atoms with Gasteiger partial charge >= 0.3 is 5.97 Å². The van der Waals surface area contributed by atoms with Crippen molar-refractivity contribution in [2.24, 2.45) is 0 Å². The zero-order chi connectivity index (χ0) is 23.0. The molecule has 0 radical (unpaired) electrons. The standard InChI is InChI=1S/C20H21ClN2O8/c1-28-16-8-12(9-17(29-2)20(16)30-3)4-7-19(25)31-11-18(24)22-14-10-13(21)5-6-15(14)23(26)27/h5-6,8-10H,4,7,11H2,1-3H3,(H,22,24). The maximum absolute atomic E-state index is 12.0. The SMILES string of the molecule is COc1cc(CCC(=O)OCC(=O)Nc2cc(Cl)ccc2[N+](=O)[O-])cc(OC)c1OC. The molecule has 31 heavy (non-hydrogen) atoms. The first-order valence-corrected chi connectivity index (χ1v) is 9.35. The van der Waals surface area contributed by atoms with Gasteiger partial charge in [0.05, 0.1) is 26.3 Å². The molecule has 1 amide bonds. The Labute approximate surface area is 183 Å². The number of amides is 1. The Morgan fingerprint density at radius 2 is 1.71 bits per heavy atom. The van der Waals surface area contributed by atoms with Gasteiger partial charge < -0.3 is 24.3 Å². The van der Waals surface area contributed by atoms with Gasteiger partial charge in [-0.15, -0.1) is 0 Å². The molecule has 0 heterocycles. The van der Waals surface area contributed by atoms with Gasteiger partial charge in [0.25, 0.3) is 11.6 Å². The van der Waals surface area contributed by atoms with Crippen LogP contribution in [0.3, 0.4) is 0 Å². The molecule has 2 aromatic carbocycles. The number of carbonyl (C=O) groups is 2. The van der Waals surface area contributed by atoms with Crippen molar-refractivity contribution < 1.29 is 33.5 Å². The highest BCUT2D eigenvalue weighted by Crippen LogP contribution is 2.38. The molecule has 0 aromatic heterocycles. The van der Waals surface area contributed by atoms with Crippen molar-refractivity contribution in [3.8, 4) is 17.2 Å². The van der Waals surface area contributed by atoms with Crippen molar-refractivity contribution in [3.63, 3.8) is 0 Å². The third-order valence-electron chi connectivity index (χ3n) is 4.14. The minimum absolute atomic E-state index is 0.0107. The number of nitro benzene ring substituents is 1. The molecule has 0 fully saturated rings. The number of aryl methyl sites for hydroxylation is 1. The lowest BCUT2D eigenvalue weighted by Crippen LogP contribution is -2.21.